The third-order valence-electron chi connectivity index (χ3n) is 4.67. The smallest absolute Gasteiger partial charge is 0.0201 e. The lowest BCUT2D eigenvalue weighted by molar-refractivity contribution is 0.417. The monoisotopic (exact) mass is 351 g/mol. The molecule has 0 bridgehead atoms. The predicted molar refractivity (Wildman–Crippen MR) is 110 cm³/mol. The summed E-state index contributed by atoms with van der Waals surface area (Å²) in [5.41, 5.74) is 5.69. The molecule has 0 atom stereocenters. The summed E-state index contributed by atoms with van der Waals surface area (Å²) < 4.78 is 0. The van der Waals surface area contributed by atoms with E-state index in [1.165, 1.54) is 44.9 Å². The number of hydrogen-bond donors (Lipinski definition) is 0. The lowest BCUT2D eigenvalue weighted by atomic mass is 9.93. The highest BCUT2D eigenvalue weighted by Gasteiger charge is 2.20. The maximum absolute atomic E-state index is 2.43. The lowest BCUT2D eigenvalue weighted by Crippen LogP contribution is -2.12. The molecule has 0 unspecified atom stereocenters. The van der Waals surface area contributed by atoms with Gasteiger partial charge in [0, 0.05) is 16.3 Å². The van der Waals surface area contributed by atoms with E-state index in [4.69, 9.17) is 0 Å². The molecule has 1 nitrogen and oxygen atoms in total. The first-order valence-electron chi connectivity index (χ1n) is 9.30. The van der Waals surface area contributed by atoms with Gasteiger partial charge in [-0.15, -0.1) is 0 Å². The molecule has 132 valence electrons. The third kappa shape index (κ3) is 4.56. The Labute approximate surface area is 157 Å². The van der Waals surface area contributed by atoms with E-state index in [1.54, 1.807) is 0 Å². The van der Waals surface area contributed by atoms with Crippen LogP contribution in [0.4, 0.5) is 0 Å². The Bertz CT molecular complexity index is 758. The van der Waals surface area contributed by atoms with Crippen molar-refractivity contribution in [1.82, 2.24) is 4.90 Å². The van der Waals surface area contributed by atoms with Crippen LogP contribution >= 0.6 is 11.8 Å². The summed E-state index contributed by atoms with van der Waals surface area (Å²) in [7, 11) is 4.28. The second-order valence-electron chi connectivity index (χ2n) is 7.57. The van der Waals surface area contributed by atoms with Gasteiger partial charge in [-0.05, 0) is 73.7 Å². The van der Waals surface area contributed by atoms with Gasteiger partial charge in [0.05, 0.1) is 0 Å². The molecule has 1 aliphatic rings. The summed E-state index contributed by atoms with van der Waals surface area (Å²) in [4.78, 5) is 5.02. The van der Waals surface area contributed by atoms with Crippen molar-refractivity contribution in [1.29, 1.82) is 0 Å². The van der Waals surface area contributed by atoms with E-state index in [1.807, 2.05) is 11.8 Å². The summed E-state index contributed by atoms with van der Waals surface area (Å²) in [5, 5.41) is 0. The largest absolute Gasteiger partial charge is 0.309 e. The van der Waals surface area contributed by atoms with E-state index in [-0.39, 0.29) is 0 Å². The molecule has 0 N–H and O–H groups in total. The van der Waals surface area contributed by atoms with Crippen LogP contribution in [0.25, 0.3) is 5.57 Å². The topological polar surface area (TPSA) is 3.24 Å². The first kappa shape index (κ1) is 18.3. The highest BCUT2D eigenvalue weighted by Crippen LogP contribution is 2.45. The predicted octanol–water partition coefficient (Wildman–Crippen LogP) is 6.12. The Morgan fingerprint density at radius 3 is 2.52 bits per heavy atom. The van der Waals surface area contributed by atoms with Crippen molar-refractivity contribution in [3.8, 4) is 0 Å². The average molecular weight is 352 g/mol. The van der Waals surface area contributed by atoms with Crippen molar-refractivity contribution in [2.45, 2.75) is 42.9 Å². The van der Waals surface area contributed by atoms with Crippen molar-refractivity contribution in [2.75, 3.05) is 20.6 Å². The van der Waals surface area contributed by atoms with E-state index < -0.39 is 0 Å². The van der Waals surface area contributed by atoms with Crippen molar-refractivity contribution in [3.05, 3.63) is 65.2 Å². The van der Waals surface area contributed by atoms with Crippen LogP contribution in [0.5, 0.6) is 0 Å². The number of hydrogen-bond acceptors (Lipinski definition) is 2. The van der Waals surface area contributed by atoms with Gasteiger partial charge in [0.1, 0.15) is 0 Å². The second kappa shape index (κ2) is 8.25. The fourth-order valence-electron chi connectivity index (χ4n) is 3.22. The molecule has 25 heavy (non-hydrogen) atoms. The molecule has 1 heterocycles. The molecule has 2 heteroatoms. The van der Waals surface area contributed by atoms with Crippen LogP contribution in [-0.2, 0) is 6.42 Å². The molecular formula is C23H29NS. The van der Waals surface area contributed by atoms with E-state index in [9.17, 15) is 0 Å². The molecule has 3 rings (SSSR count). The van der Waals surface area contributed by atoms with Gasteiger partial charge in [-0.3, -0.25) is 0 Å². The van der Waals surface area contributed by atoms with Gasteiger partial charge >= 0.3 is 0 Å². The Morgan fingerprint density at radius 1 is 1.00 bits per heavy atom. The Balaban J connectivity index is 1.96. The third-order valence-corrected chi connectivity index (χ3v) is 5.82. The first-order valence-corrected chi connectivity index (χ1v) is 10.1. The zero-order valence-electron chi connectivity index (χ0n) is 15.9. The van der Waals surface area contributed by atoms with Crippen molar-refractivity contribution < 1.29 is 0 Å². The molecule has 0 saturated heterocycles. The first-order chi connectivity index (χ1) is 12.0. The van der Waals surface area contributed by atoms with Gasteiger partial charge in [0.25, 0.3) is 0 Å². The fourth-order valence-corrected chi connectivity index (χ4v) is 4.30. The standard InChI is InChI=1S/C23H29NS/c1-17(2)11-12-18-13-14-23-21(16-18)19(9-7-15-24(3)4)20-8-5-6-10-22(20)25-23/h5-6,8-10,13-14,16-17H,7,11-12,15H2,1-4H3/b19-9-. The molecule has 1 aliphatic heterocycles. The van der Waals surface area contributed by atoms with E-state index in [0.717, 1.165) is 18.9 Å². The SMILES string of the molecule is CC(C)CCc1ccc2c(c1)/C(=C\CCN(C)C)c1ccccc1S2. The summed E-state index contributed by atoms with van der Waals surface area (Å²) in [6.45, 7) is 5.69. The van der Waals surface area contributed by atoms with Crippen LogP contribution in [0.15, 0.2) is 58.3 Å². The minimum absolute atomic E-state index is 0.751. The van der Waals surface area contributed by atoms with Crippen LogP contribution in [0.2, 0.25) is 0 Å². The molecule has 0 amide bonds. The van der Waals surface area contributed by atoms with E-state index in [2.05, 4.69) is 81.4 Å². The molecule has 0 radical (unpaired) electrons. The van der Waals surface area contributed by atoms with Gasteiger partial charge in [0.2, 0.25) is 0 Å². The number of fused-ring (bicyclic) bond motifs is 2. The highest BCUT2D eigenvalue weighted by atomic mass is 32.2. The average Bonchev–Trinajstić information content (AvgIpc) is 2.59. The van der Waals surface area contributed by atoms with Crippen molar-refractivity contribution in [3.63, 3.8) is 0 Å². The summed E-state index contributed by atoms with van der Waals surface area (Å²) >= 11 is 1.91. The second-order valence-corrected chi connectivity index (χ2v) is 8.65. The molecule has 2 aromatic rings. The molecule has 0 fully saturated rings. The summed E-state index contributed by atoms with van der Waals surface area (Å²) in [6.07, 6.45) is 5.94. The van der Waals surface area contributed by atoms with Crippen LogP contribution < -0.4 is 0 Å². The molecule has 0 aromatic heterocycles. The van der Waals surface area contributed by atoms with Gasteiger partial charge < -0.3 is 4.90 Å². The molecule has 0 spiro atoms. The number of benzene rings is 2. The highest BCUT2D eigenvalue weighted by molar-refractivity contribution is 7.99. The van der Waals surface area contributed by atoms with Gasteiger partial charge in [0.15, 0.2) is 0 Å². The normalized spacial score (nSPS) is 14.9. The van der Waals surface area contributed by atoms with E-state index >= 15 is 0 Å². The van der Waals surface area contributed by atoms with Gasteiger partial charge in [-0.25, -0.2) is 0 Å². The minimum atomic E-state index is 0.751. The lowest BCUT2D eigenvalue weighted by Gasteiger charge is -2.23. The Hall–Kier alpha value is -1.51. The zero-order valence-corrected chi connectivity index (χ0v) is 16.7. The number of nitrogens with zero attached hydrogens (tertiary/aromatic N) is 1. The van der Waals surface area contributed by atoms with Gasteiger partial charge in [-0.1, -0.05) is 62.0 Å². The Kier molecular flexibility index (Phi) is 6.03. The van der Waals surface area contributed by atoms with Crippen LogP contribution in [0.3, 0.4) is 0 Å². The molecular weight excluding hydrogens is 322 g/mol. The van der Waals surface area contributed by atoms with E-state index in [0.29, 0.717) is 0 Å². The Morgan fingerprint density at radius 2 is 1.76 bits per heavy atom. The molecule has 0 aliphatic carbocycles. The molecule has 0 saturated carbocycles. The maximum atomic E-state index is 2.43. The zero-order chi connectivity index (χ0) is 17.8. The van der Waals surface area contributed by atoms with Crippen LogP contribution in [-0.4, -0.2) is 25.5 Å². The number of aryl methyl sites for hydroxylation is 1. The van der Waals surface area contributed by atoms with Crippen molar-refractivity contribution in [2.24, 2.45) is 5.92 Å². The van der Waals surface area contributed by atoms with Crippen LogP contribution in [0, 0.1) is 5.92 Å². The number of rotatable bonds is 6. The molecule has 2 aromatic carbocycles. The van der Waals surface area contributed by atoms with Crippen LogP contribution in [0.1, 0.15) is 43.4 Å². The van der Waals surface area contributed by atoms with Gasteiger partial charge in [-0.2, -0.15) is 0 Å². The van der Waals surface area contributed by atoms with Crippen molar-refractivity contribution >= 4 is 17.3 Å². The quantitative estimate of drug-likeness (QED) is 0.526. The fraction of sp³-hybridized carbons (Fsp3) is 0.391. The summed E-state index contributed by atoms with van der Waals surface area (Å²) in [5.74, 6) is 0.751. The summed E-state index contributed by atoms with van der Waals surface area (Å²) in [6, 6.07) is 15.9. The maximum Gasteiger partial charge on any atom is 0.0201 e. The minimum Gasteiger partial charge on any atom is -0.309 e.